The average Bonchev–Trinajstić information content (AvgIpc) is 1.64. The highest BCUT2D eigenvalue weighted by molar-refractivity contribution is 6.01. The van der Waals surface area contributed by atoms with Crippen LogP contribution in [0.25, 0.3) is 10.9 Å². The van der Waals surface area contributed by atoms with Crippen molar-refractivity contribution in [3.63, 3.8) is 0 Å². The first-order chi connectivity index (χ1) is 65.7. The molecular weight excluding hydrogens is 1790 g/mol. The molecule has 25 N–H and O–H groups in total. The van der Waals surface area contributed by atoms with E-state index in [1.54, 1.807) is 63.4 Å². The topological polar surface area (TPSA) is 673 Å². The predicted octanol–water partition coefficient (Wildman–Crippen LogP) is -0.445. The first kappa shape index (κ1) is 116. The lowest BCUT2D eigenvalue weighted by Crippen LogP contribution is -2.62. The van der Waals surface area contributed by atoms with Gasteiger partial charge >= 0.3 is 5.97 Å². The number of aliphatic carboxylic acids is 1. The van der Waals surface area contributed by atoms with Gasteiger partial charge in [0.25, 0.3) is 0 Å². The molecule has 138 heavy (non-hydrogen) atoms. The molecule has 0 radical (unpaired) electrons. The molecule has 6 rings (SSSR count). The molecule has 0 unspecified atom stereocenters. The van der Waals surface area contributed by atoms with Gasteiger partial charge in [-0.15, -0.1) is 0 Å². The van der Waals surface area contributed by atoms with E-state index in [0.29, 0.717) is 24.0 Å². The second-order valence-electron chi connectivity index (χ2n) is 34.9. The number of carboxylic acid groups (broad SMARTS) is 1. The summed E-state index contributed by atoms with van der Waals surface area (Å²) in [4.78, 5) is 248. The van der Waals surface area contributed by atoms with Gasteiger partial charge in [0.1, 0.15) is 67.0 Å². The van der Waals surface area contributed by atoms with Crippen LogP contribution in [0.1, 0.15) is 225 Å². The minimum absolute atomic E-state index is 0. The SMILES string of the molecule is C.CCCC[C@H](NC(=O)[C@H](CNC(C)C)NC(=O)[C@H](Cc1c[nH]cn1)NC(=O)[C@H](CCC(N)=O)NC(=O)[C@H](CO)NC(=O)CNC(=O)COCCOCCNC(=O)CCCCCCCCCCCCCCC(=O)O)C(=O)N[C@H]1CCC(=O)NCCCC[C@@H](C(C)=O)NC(=O)[C@H](Cc2c[nH]c3ccccc23)NC(=O)[C@H](CCCNC(=N)N)NC(=O)[C@@H](Cc2ccccc2)NC(=O)[C@@H]2C[C@@H](O)CN2C1=O. The lowest BCUT2D eigenvalue weighted by atomic mass is 10.0. The normalized spacial score (nSPS) is 18.6. The molecule has 0 aliphatic carbocycles. The van der Waals surface area contributed by atoms with Crippen molar-refractivity contribution in [2.45, 2.75) is 306 Å². The van der Waals surface area contributed by atoms with Crippen LogP contribution in [0.4, 0.5) is 0 Å². The van der Waals surface area contributed by atoms with Crippen molar-refractivity contribution >= 4 is 117 Å². The summed E-state index contributed by atoms with van der Waals surface area (Å²) in [7, 11) is 0. The maximum absolute atomic E-state index is 15.5. The van der Waals surface area contributed by atoms with E-state index in [2.05, 4.69) is 94.7 Å². The molecule has 44 heteroatoms. The molecule has 766 valence electrons. The lowest BCUT2D eigenvalue weighted by Gasteiger charge is -2.31. The van der Waals surface area contributed by atoms with E-state index in [-0.39, 0.29) is 148 Å². The number of rotatable bonds is 57. The zero-order chi connectivity index (χ0) is 100.0. The number of primary amides is 1. The first-order valence-electron chi connectivity index (χ1n) is 47.7. The summed E-state index contributed by atoms with van der Waals surface area (Å²) in [5.74, 6) is -14.4. The summed E-state index contributed by atoms with van der Waals surface area (Å²) >= 11 is 0. The number of aromatic nitrogens is 3. The third-order valence-corrected chi connectivity index (χ3v) is 23.2. The number of ether oxygens (including phenoxy) is 2. The Morgan fingerprint density at radius 2 is 1.20 bits per heavy atom. The van der Waals surface area contributed by atoms with E-state index in [0.717, 1.165) is 86.4 Å². The number of ketones is 1. The molecule has 2 aromatic carbocycles. The summed E-state index contributed by atoms with van der Waals surface area (Å²) in [5, 5.41) is 79.1. The number of Topliss-reactive ketones (excluding diaryl/α,β-unsaturated/α-hetero) is 1. The van der Waals surface area contributed by atoms with Crippen LogP contribution in [0.2, 0.25) is 0 Å². The smallest absolute Gasteiger partial charge is 0.303 e. The number of hydrogen-bond acceptors (Lipinski definition) is 24. The Kier molecular flexibility index (Phi) is 54.2. The van der Waals surface area contributed by atoms with Crippen molar-refractivity contribution in [3.05, 3.63) is 90.1 Å². The molecule has 15 amide bonds. The van der Waals surface area contributed by atoms with E-state index >= 15 is 19.2 Å². The molecule has 2 fully saturated rings. The van der Waals surface area contributed by atoms with Crippen molar-refractivity contribution in [3.8, 4) is 0 Å². The zero-order valence-corrected chi connectivity index (χ0v) is 79.1. The summed E-state index contributed by atoms with van der Waals surface area (Å²) in [6.45, 7) is 4.12. The quantitative estimate of drug-likeness (QED) is 0.0151. The predicted molar refractivity (Wildman–Crippen MR) is 511 cm³/mol. The fourth-order valence-corrected chi connectivity index (χ4v) is 15.6. The Labute approximate surface area is 805 Å². The van der Waals surface area contributed by atoms with Gasteiger partial charge in [-0.05, 0) is 88.3 Å². The Bertz CT molecular complexity index is 4540. The number of aliphatic hydroxyl groups is 2. The summed E-state index contributed by atoms with van der Waals surface area (Å²) in [6.07, 6.45) is 14.3. The van der Waals surface area contributed by atoms with Crippen LogP contribution in [0, 0.1) is 5.41 Å². The van der Waals surface area contributed by atoms with E-state index in [4.69, 9.17) is 31.5 Å². The number of imidazole rings is 1. The van der Waals surface area contributed by atoms with Crippen LogP contribution in [0.3, 0.4) is 0 Å². The number of nitrogens with zero attached hydrogens (tertiary/aromatic N) is 2. The molecule has 2 aliphatic rings. The van der Waals surface area contributed by atoms with Crippen molar-refractivity contribution in [2.75, 3.05) is 72.3 Å². The highest BCUT2D eigenvalue weighted by Crippen LogP contribution is 2.24. The molecule has 44 nitrogen and oxygen atoms in total. The molecule has 4 aromatic rings. The molecule has 4 heterocycles. The number of para-hydroxylation sites is 1. The highest BCUT2D eigenvalue weighted by atomic mass is 16.5. The van der Waals surface area contributed by atoms with Crippen LogP contribution < -0.4 is 91.2 Å². The summed E-state index contributed by atoms with van der Waals surface area (Å²) < 4.78 is 10.8. The van der Waals surface area contributed by atoms with E-state index in [9.17, 15) is 72.5 Å². The number of aliphatic hydroxyl groups excluding tert-OH is 2. The molecule has 0 spiro atoms. The highest BCUT2D eigenvalue weighted by Gasteiger charge is 2.44. The molecular formula is C94H148N22O22. The van der Waals surface area contributed by atoms with E-state index in [1.807, 2.05) is 18.2 Å². The lowest BCUT2D eigenvalue weighted by molar-refractivity contribution is -0.143. The molecule has 0 saturated carbocycles. The van der Waals surface area contributed by atoms with Gasteiger partial charge in [0.15, 0.2) is 11.7 Å². The van der Waals surface area contributed by atoms with Gasteiger partial charge in [0, 0.05) is 113 Å². The summed E-state index contributed by atoms with van der Waals surface area (Å²) in [5.41, 5.74) is 13.2. The number of benzene rings is 2. The van der Waals surface area contributed by atoms with E-state index in [1.165, 1.54) is 25.9 Å². The van der Waals surface area contributed by atoms with Gasteiger partial charge in [0.2, 0.25) is 88.6 Å². The van der Waals surface area contributed by atoms with Crippen molar-refractivity contribution in [1.82, 2.24) is 99.6 Å². The van der Waals surface area contributed by atoms with Gasteiger partial charge in [-0.1, -0.05) is 154 Å². The maximum atomic E-state index is 15.5. The summed E-state index contributed by atoms with van der Waals surface area (Å²) in [6, 6.07) is -1.46. The second-order valence-corrected chi connectivity index (χ2v) is 34.9. The molecule has 2 aromatic heterocycles. The minimum Gasteiger partial charge on any atom is -0.481 e. The Morgan fingerprint density at radius 1 is 0.601 bits per heavy atom. The minimum atomic E-state index is -1.76. The average molecular weight is 1940 g/mol. The van der Waals surface area contributed by atoms with Gasteiger partial charge in [0.05, 0.1) is 57.1 Å². The standard InChI is InChI=1S/C93H144N22O22.CH4/c1-5-6-30-67(83(126)110-70-37-39-79(121)98-40-25-24-31-65(59(4)117)106-87(130)72(47-61-50-102-66-32-23-22-29-64(61)66)111-84(127)68(33-26-41-100-93(95)96)107-86(129)71(46-60-27-18-17-19-28-60)113-91(134)76-49-63(118)54-115(76)92(70)135)108-89(132)74(52-101-58(2)3)114-88(131)73(48-62-51-97-57-104-62)112-85(128)69(36-38-77(94)119)109-90(133)75(55-116)105-80(122)53-103-81(123)56-137-45-44-136-43-42-99-78(120)34-20-15-13-11-9-7-8-10-12-14-16-21-35-82(124)125;/h17-19,22-23,27-29,32,50-51,57-58,63,65,67-76,101-102,116,118H,5-16,20-21,24-26,30-31,33-49,52-56H2,1-4H3,(H2,94,119)(H,97,104)(H,98,121)(H,99,120)(H,103,123)(H,105,122)(H,106,130)(H,107,129)(H,108,132)(H,109,133)(H,110,126)(H,111,127)(H,112,128)(H,113,134)(H,114,131)(H,124,125)(H4,95,96,100);1H4/t63-,65+,67+,68+,69+,70+,71-,72+,73+,74+,75+,76+;/m1./s1. The molecule has 12 atom stereocenters. The number of fused-ring (bicyclic) bond motifs is 2. The van der Waals surface area contributed by atoms with Crippen LogP contribution >= 0.6 is 0 Å². The number of hydrogen-bond donors (Lipinski definition) is 23. The Morgan fingerprint density at radius 3 is 1.86 bits per heavy atom. The molecule has 0 bridgehead atoms. The second kappa shape index (κ2) is 64.5. The Balaban J connectivity index is 0.0000336. The number of nitrogens with two attached hydrogens (primary N) is 2. The number of guanidine groups is 1. The van der Waals surface area contributed by atoms with Gasteiger partial charge in [-0.2, -0.15) is 0 Å². The number of nitrogens with one attached hydrogen (secondary N) is 18. The number of aromatic amines is 2. The van der Waals surface area contributed by atoms with Crippen LogP contribution in [0.15, 0.2) is 73.3 Å². The Hall–Kier alpha value is -12.6. The van der Waals surface area contributed by atoms with Crippen LogP contribution in [-0.2, 0) is 110 Å². The number of amides is 15. The van der Waals surface area contributed by atoms with Crippen molar-refractivity contribution < 1.29 is 106 Å². The monoisotopic (exact) mass is 1940 g/mol. The maximum Gasteiger partial charge on any atom is 0.303 e. The number of carbonyl (C=O) groups is 17. The fourth-order valence-electron chi connectivity index (χ4n) is 15.6. The molecule has 2 aliphatic heterocycles. The fraction of sp³-hybridized carbons (Fsp3) is 0.628. The molecule has 2 saturated heterocycles. The largest absolute Gasteiger partial charge is 0.481 e. The number of unbranched alkanes of at least 4 members (excludes halogenated alkanes) is 12. The van der Waals surface area contributed by atoms with Crippen LogP contribution in [-0.4, -0.2) is 292 Å². The van der Waals surface area contributed by atoms with E-state index < -0.39 is 225 Å². The van der Waals surface area contributed by atoms with Gasteiger partial charge in [-0.25, -0.2) is 4.98 Å². The van der Waals surface area contributed by atoms with Crippen LogP contribution in [0.5, 0.6) is 0 Å². The first-order valence-corrected chi connectivity index (χ1v) is 47.7. The zero-order valence-electron chi connectivity index (χ0n) is 79.1. The number of carbonyl (C=O) groups excluding carboxylic acids is 16. The number of carboxylic acids is 1. The van der Waals surface area contributed by atoms with Gasteiger partial charge in [-0.3, -0.25) is 86.9 Å². The number of H-pyrrole nitrogens is 2. The van der Waals surface area contributed by atoms with Crippen molar-refractivity contribution in [1.29, 1.82) is 5.41 Å². The van der Waals surface area contributed by atoms with Gasteiger partial charge < -0.3 is 131 Å². The van der Waals surface area contributed by atoms with Crippen molar-refractivity contribution in [2.24, 2.45) is 11.5 Å². The third-order valence-electron chi connectivity index (χ3n) is 23.2. The third kappa shape index (κ3) is 44.7.